The van der Waals surface area contributed by atoms with Crippen molar-refractivity contribution in [3.8, 4) is 11.5 Å². The van der Waals surface area contributed by atoms with E-state index in [1.165, 1.54) is 64.7 Å². The molecule has 2 saturated heterocycles. The first kappa shape index (κ1) is 29.6. The zero-order valence-corrected chi connectivity index (χ0v) is 23.7. The Morgan fingerprint density at radius 3 is 1.68 bits per heavy atom. The van der Waals surface area contributed by atoms with Crippen molar-refractivity contribution in [3.63, 3.8) is 0 Å². The quantitative estimate of drug-likeness (QED) is 0.157. The molecule has 0 radical (unpaired) electrons. The summed E-state index contributed by atoms with van der Waals surface area (Å²) in [6.45, 7) is 8.60. The van der Waals surface area contributed by atoms with Gasteiger partial charge in [-0.2, -0.15) is 10.2 Å². The lowest BCUT2D eigenvalue weighted by Crippen LogP contribution is -2.31. The summed E-state index contributed by atoms with van der Waals surface area (Å²) in [5.41, 5.74) is 10.4. The van der Waals surface area contributed by atoms with E-state index in [0.717, 1.165) is 61.8 Å². The standard InChI is InChI=1S/C31H45N7O2/c32-31(35-33-25-27-9-13-29(14-10-27)39-23-7-21-37-17-3-1-4-18-37)36-34-26-28-11-15-30(16-12-28)40-24-8-22-38-19-5-2-6-20-38/h9-16,25-26H,1-8,17-24H2,(H3,32,35,36)/b33-25+,34-26+. The molecule has 2 aliphatic heterocycles. The van der Waals surface area contributed by atoms with Crippen LogP contribution in [0, 0.1) is 0 Å². The molecule has 0 saturated carbocycles. The van der Waals surface area contributed by atoms with Crippen molar-refractivity contribution in [2.45, 2.75) is 51.4 Å². The van der Waals surface area contributed by atoms with Gasteiger partial charge in [-0.3, -0.25) is 0 Å². The maximum Gasteiger partial charge on any atom is 0.234 e. The minimum Gasteiger partial charge on any atom is -0.494 e. The number of hydrazone groups is 1. The molecule has 0 aliphatic carbocycles. The van der Waals surface area contributed by atoms with Gasteiger partial charge in [0.15, 0.2) is 0 Å². The van der Waals surface area contributed by atoms with Crippen molar-refractivity contribution in [2.24, 2.45) is 21.0 Å². The first-order valence-electron chi connectivity index (χ1n) is 14.8. The molecule has 9 heteroatoms. The van der Waals surface area contributed by atoms with Gasteiger partial charge in [0.05, 0.1) is 25.6 Å². The maximum atomic E-state index is 5.87. The largest absolute Gasteiger partial charge is 0.494 e. The third-order valence-electron chi connectivity index (χ3n) is 7.20. The van der Waals surface area contributed by atoms with Crippen LogP contribution in [-0.4, -0.2) is 80.7 Å². The summed E-state index contributed by atoms with van der Waals surface area (Å²) in [5, 5.41) is 12.1. The molecule has 0 atom stereocenters. The van der Waals surface area contributed by atoms with Crippen LogP contribution in [0.4, 0.5) is 0 Å². The first-order chi connectivity index (χ1) is 19.7. The monoisotopic (exact) mass is 547 g/mol. The number of benzene rings is 2. The molecule has 4 rings (SSSR count). The van der Waals surface area contributed by atoms with E-state index in [9.17, 15) is 0 Å². The van der Waals surface area contributed by atoms with Gasteiger partial charge < -0.3 is 25.0 Å². The summed E-state index contributed by atoms with van der Waals surface area (Å²) in [7, 11) is 0. The fourth-order valence-corrected chi connectivity index (χ4v) is 4.98. The number of hydrogen-bond acceptors (Lipinski definition) is 7. The molecule has 2 aromatic rings. The Kier molecular flexibility index (Phi) is 12.8. The molecule has 3 N–H and O–H groups in total. The highest BCUT2D eigenvalue weighted by Gasteiger charge is 2.10. The minimum atomic E-state index is 0.106. The number of hydrogen-bond donors (Lipinski definition) is 2. The summed E-state index contributed by atoms with van der Waals surface area (Å²) in [5.74, 6) is 1.84. The Morgan fingerprint density at radius 1 is 0.700 bits per heavy atom. The molecule has 2 aliphatic rings. The molecule has 0 unspecified atom stereocenters. The van der Waals surface area contributed by atoms with E-state index in [-0.39, 0.29) is 5.96 Å². The number of nitrogens with one attached hydrogen (secondary N) is 1. The molecular weight excluding hydrogens is 502 g/mol. The van der Waals surface area contributed by atoms with Crippen LogP contribution >= 0.6 is 0 Å². The van der Waals surface area contributed by atoms with Gasteiger partial charge in [-0.05, 0) is 124 Å². The minimum absolute atomic E-state index is 0.106. The maximum absolute atomic E-state index is 5.87. The molecule has 0 amide bonds. The van der Waals surface area contributed by atoms with Crippen LogP contribution in [0.2, 0.25) is 0 Å². The Balaban J connectivity index is 1.09. The molecule has 2 heterocycles. The highest BCUT2D eigenvalue weighted by atomic mass is 16.5. The molecule has 0 spiro atoms. The smallest absolute Gasteiger partial charge is 0.234 e. The van der Waals surface area contributed by atoms with Crippen LogP contribution < -0.4 is 20.6 Å². The number of rotatable bonds is 14. The van der Waals surface area contributed by atoms with Gasteiger partial charge in [0, 0.05) is 13.1 Å². The molecule has 0 aromatic heterocycles. The number of ether oxygens (including phenoxy) is 2. The third-order valence-corrected chi connectivity index (χ3v) is 7.20. The molecule has 2 aromatic carbocycles. The third kappa shape index (κ3) is 11.4. The van der Waals surface area contributed by atoms with Crippen LogP contribution in [0.1, 0.15) is 62.5 Å². The van der Waals surface area contributed by atoms with Gasteiger partial charge in [-0.25, -0.2) is 5.43 Å². The lowest BCUT2D eigenvalue weighted by atomic mass is 10.1. The number of piperidine rings is 2. The van der Waals surface area contributed by atoms with Crippen molar-refractivity contribution in [1.82, 2.24) is 15.2 Å². The summed E-state index contributed by atoms with van der Waals surface area (Å²) >= 11 is 0. The van der Waals surface area contributed by atoms with Crippen molar-refractivity contribution in [3.05, 3.63) is 59.7 Å². The number of nitrogens with two attached hydrogens (primary N) is 1. The zero-order chi connectivity index (χ0) is 27.7. The van der Waals surface area contributed by atoms with Crippen molar-refractivity contribution in [2.75, 3.05) is 52.5 Å². The van der Waals surface area contributed by atoms with Gasteiger partial charge >= 0.3 is 0 Å². The van der Waals surface area contributed by atoms with E-state index in [2.05, 4.69) is 30.5 Å². The fourth-order valence-electron chi connectivity index (χ4n) is 4.98. The second kappa shape index (κ2) is 17.3. The Morgan fingerprint density at radius 2 is 1.18 bits per heavy atom. The van der Waals surface area contributed by atoms with Crippen molar-refractivity contribution < 1.29 is 9.47 Å². The van der Waals surface area contributed by atoms with Crippen LogP contribution in [-0.2, 0) is 0 Å². The molecule has 216 valence electrons. The number of likely N-dealkylation sites (tertiary alicyclic amines) is 2. The molecule has 40 heavy (non-hydrogen) atoms. The lowest BCUT2D eigenvalue weighted by Gasteiger charge is -2.26. The van der Waals surface area contributed by atoms with E-state index in [0.29, 0.717) is 0 Å². The van der Waals surface area contributed by atoms with Crippen molar-refractivity contribution in [1.29, 1.82) is 0 Å². The summed E-state index contributed by atoms with van der Waals surface area (Å²) in [6, 6.07) is 15.6. The Hall–Kier alpha value is -3.43. The summed E-state index contributed by atoms with van der Waals surface area (Å²) in [6.07, 6.45) is 13.5. The average molecular weight is 548 g/mol. The van der Waals surface area contributed by atoms with Crippen LogP contribution in [0.15, 0.2) is 63.8 Å². The number of nitrogens with zero attached hydrogens (tertiary/aromatic N) is 5. The Bertz CT molecular complexity index is 1060. The molecular formula is C31H45N7O2. The predicted molar refractivity (Wildman–Crippen MR) is 164 cm³/mol. The van der Waals surface area contributed by atoms with E-state index in [1.54, 1.807) is 12.4 Å². The summed E-state index contributed by atoms with van der Waals surface area (Å²) in [4.78, 5) is 5.06. The van der Waals surface area contributed by atoms with Crippen LogP contribution in [0.3, 0.4) is 0 Å². The molecule has 9 nitrogen and oxygen atoms in total. The first-order valence-corrected chi connectivity index (χ1v) is 14.8. The predicted octanol–water partition coefficient (Wildman–Crippen LogP) is 4.47. The highest BCUT2D eigenvalue weighted by Crippen LogP contribution is 2.14. The van der Waals surface area contributed by atoms with Gasteiger partial charge in [-0.1, -0.05) is 12.8 Å². The summed E-state index contributed by atoms with van der Waals surface area (Å²) < 4.78 is 11.7. The van der Waals surface area contributed by atoms with Gasteiger partial charge in [0.2, 0.25) is 5.96 Å². The van der Waals surface area contributed by atoms with E-state index < -0.39 is 0 Å². The van der Waals surface area contributed by atoms with Gasteiger partial charge in [0.25, 0.3) is 0 Å². The van der Waals surface area contributed by atoms with E-state index in [4.69, 9.17) is 15.2 Å². The van der Waals surface area contributed by atoms with E-state index in [1.807, 2.05) is 48.5 Å². The van der Waals surface area contributed by atoms with E-state index >= 15 is 0 Å². The normalized spacial score (nSPS) is 17.4. The van der Waals surface area contributed by atoms with Crippen LogP contribution in [0.25, 0.3) is 0 Å². The van der Waals surface area contributed by atoms with Gasteiger partial charge in [0.1, 0.15) is 11.5 Å². The molecule has 2 fully saturated rings. The molecule has 0 bridgehead atoms. The topological polar surface area (TPSA) is 100 Å². The number of guanidine groups is 1. The van der Waals surface area contributed by atoms with Crippen molar-refractivity contribution >= 4 is 18.4 Å². The SMILES string of the molecule is N/C(=N\N=C\c1ccc(OCCCN2CCCCC2)cc1)N/N=C/c1ccc(OCCCN2CCCCC2)cc1. The van der Waals surface area contributed by atoms with Gasteiger partial charge in [-0.15, -0.1) is 5.10 Å². The average Bonchev–Trinajstić information content (AvgIpc) is 3.00. The highest BCUT2D eigenvalue weighted by molar-refractivity contribution is 5.84. The fraction of sp³-hybridized carbons (Fsp3) is 0.516. The second-order valence-electron chi connectivity index (χ2n) is 10.4. The van der Waals surface area contributed by atoms with Crippen LogP contribution in [0.5, 0.6) is 11.5 Å². The zero-order valence-electron chi connectivity index (χ0n) is 23.7. The Labute approximate surface area is 239 Å². The second-order valence-corrected chi connectivity index (χ2v) is 10.4. The lowest BCUT2D eigenvalue weighted by molar-refractivity contribution is 0.205.